The van der Waals surface area contributed by atoms with Crippen molar-refractivity contribution in [3.63, 3.8) is 0 Å². The zero-order valence-electron chi connectivity index (χ0n) is 12.4. The first kappa shape index (κ1) is 15.9. The van der Waals surface area contributed by atoms with Gasteiger partial charge < -0.3 is 14.8 Å². The zero-order chi connectivity index (χ0) is 15.1. The summed E-state index contributed by atoms with van der Waals surface area (Å²) >= 11 is 3.53. The van der Waals surface area contributed by atoms with E-state index in [1.807, 2.05) is 56.4 Å². The van der Waals surface area contributed by atoms with Crippen LogP contribution in [0.1, 0.15) is 18.1 Å². The van der Waals surface area contributed by atoms with Crippen LogP contribution < -0.4 is 14.8 Å². The number of ether oxygens (including phenoxy) is 2. The Morgan fingerprint density at radius 2 is 1.86 bits per heavy atom. The minimum atomic E-state index is 0.507. The van der Waals surface area contributed by atoms with Crippen molar-refractivity contribution in [1.82, 2.24) is 5.32 Å². The molecule has 0 aliphatic heterocycles. The molecule has 0 spiro atoms. The van der Waals surface area contributed by atoms with Crippen molar-refractivity contribution < 1.29 is 9.47 Å². The molecule has 2 aromatic rings. The van der Waals surface area contributed by atoms with Crippen molar-refractivity contribution in [1.29, 1.82) is 0 Å². The first-order valence-electron chi connectivity index (χ1n) is 7.01. The quantitative estimate of drug-likeness (QED) is 0.814. The highest BCUT2D eigenvalue weighted by molar-refractivity contribution is 9.10. The summed E-state index contributed by atoms with van der Waals surface area (Å²) in [6.07, 6.45) is 0. The summed E-state index contributed by atoms with van der Waals surface area (Å²) in [5, 5.41) is 3.14. The van der Waals surface area contributed by atoms with Gasteiger partial charge in [0.2, 0.25) is 0 Å². The third kappa shape index (κ3) is 4.48. The molecule has 112 valence electrons. The van der Waals surface area contributed by atoms with Gasteiger partial charge in [-0.25, -0.2) is 0 Å². The van der Waals surface area contributed by atoms with E-state index >= 15 is 0 Å². The highest BCUT2D eigenvalue weighted by atomic mass is 79.9. The van der Waals surface area contributed by atoms with Crippen molar-refractivity contribution in [2.24, 2.45) is 0 Å². The first-order chi connectivity index (χ1) is 10.2. The second kappa shape index (κ2) is 8.05. The number of hydrogen-bond donors (Lipinski definition) is 1. The Morgan fingerprint density at radius 1 is 1.05 bits per heavy atom. The average molecular weight is 350 g/mol. The summed E-state index contributed by atoms with van der Waals surface area (Å²) in [4.78, 5) is 0. The molecule has 2 aromatic carbocycles. The molecule has 2 rings (SSSR count). The zero-order valence-corrected chi connectivity index (χ0v) is 13.9. The third-order valence-electron chi connectivity index (χ3n) is 3.03. The van der Waals surface area contributed by atoms with E-state index in [9.17, 15) is 0 Å². The van der Waals surface area contributed by atoms with Gasteiger partial charge in [-0.15, -0.1) is 0 Å². The van der Waals surface area contributed by atoms with Gasteiger partial charge in [0.1, 0.15) is 6.61 Å². The van der Waals surface area contributed by atoms with Crippen molar-refractivity contribution in [3.8, 4) is 11.5 Å². The molecular weight excluding hydrogens is 330 g/mol. The van der Waals surface area contributed by atoms with Gasteiger partial charge in [0.25, 0.3) is 0 Å². The van der Waals surface area contributed by atoms with Crippen molar-refractivity contribution >= 4 is 15.9 Å². The molecule has 0 amide bonds. The maximum atomic E-state index is 5.91. The Morgan fingerprint density at radius 3 is 2.57 bits per heavy atom. The highest BCUT2D eigenvalue weighted by Gasteiger charge is 2.07. The van der Waals surface area contributed by atoms with Crippen LogP contribution in [0, 0.1) is 0 Å². The maximum absolute atomic E-state index is 5.91. The number of halogens is 1. The summed E-state index contributed by atoms with van der Waals surface area (Å²) in [5.74, 6) is 1.56. The summed E-state index contributed by atoms with van der Waals surface area (Å²) < 4.78 is 12.6. The lowest BCUT2D eigenvalue weighted by Crippen LogP contribution is -2.06. The normalized spacial score (nSPS) is 10.4. The molecule has 0 atom stereocenters. The molecule has 0 aliphatic carbocycles. The number of nitrogens with one attached hydrogen (secondary N) is 1. The second-order valence-corrected chi connectivity index (χ2v) is 5.48. The SMILES string of the molecule is CCOc1cc(CNC)ccc1OCc1ccccc1Br. The van der Waals surface area contributed by atoms with E-state index < -0.39 is 0 Å². The lowest BCUT2D eigenvalue weighted by atomic mass is 10.2. The van der Waals surface area contributed by atoms with Crippen LogP contribution in [0.4, 0.5) is 0 Å². The molecule has 0 bridgehead atoms. The predicted molar refractivity (Wildman–Crippen MR) is 88.8 cm³/mol. The smallest absolute Gasteiger partial charge is 0.161 e. The summed E-state index contributed by atoms with van der Waals surface area (Å²) in [6.45, 7) is 3.91. The summed E-state index contributed by atoms with van der Waals surface area (Å²) in [5.41, 5.74) is 2.29. The highest BCUT2D eigenvalue weighted by Crippen LogP contribution is 2.30. The molecule has 0 saturated carbocycles. The Kier molecular flexibility index (Phi) is 6.08. The Balaban J connectivity index is 2.13. The molecule has 0 unspecified atom stereocenters. The van der Waals surface area contributed by atoms with E-state index in [1.165, 1.54) is 5.56 Å². The minimum Gasteiger partial charge on any atom is -0.490 e. The van der Waals surface area contributed by atoms with E-state index in [2.05, 4.69) is 21.2 Å². The van der Waals surface area contributed by atoms with Crippen LogP contribution in [0.15, 0.2) is 46.9 Å². The largest absolute Gasteiger partial charge is 0.490 e. The summed E-state index contributed by atoms with van der Waals surface area (Å²) in [6, 6.07) is 14.1. The van der Waals surface area contributed by atoms with Crippen LogP contribution in [-0.4, -0.2) is 13.7 Å². The fourth-order valence-corrected chi connectivity index (χ4v) is 2.42. The molecule has 0 aromatic heterocycles. The van der Waals surface area contributed by atoms with Crippen LogP contribution in [-0.2, 0) is 13.2 Å². The van der Waals surface area contributed by atoms with Gasteiger partial charge in [-0.3, -0.25) is 0 Å². The van der Waals surface area contributed by atoms with Gasteiger partial charge >= 0.3 is 0 Å². The number of hydrogen-bond acceptors (Lipinski definition) is 3. The van der Waals surface area contributed by atoms with Crippen LogP contribution in [0.5, 0.6) is 11.5 Å². The first-order valence-corrected chi connectivity index (χ1v) is 7.80. The third-order valence-corrected chi connectivity index (χ3v) is 3.80. The van der Waals surface area contributed by atoms with Gasteiger partial charge in [-0.1, -0.05) is 40.2 Å². The Labute approximate surface area is 134 Å². The molecule has 0 radical (unpaired) electrons. The van der Waals surface area contributed by atoms with Crippen LogP contribution >= 0.6 is 15.9 Å². The maximum Gasteiger partial charge on any atom is 0.161 e. The summed E-state index contributed by atoms with van der Waals surface area (Å²) in [7, 11) is 1.93. The molecule has 21 heavy (non-hydrogen) atoms. The lowest BCUT2D eigenvalue weighted by Gasteiger charge is -2.14. The van der Waals surface area contributed by atoms with E-state index in [0.29, 0.717) is 13.2 Å². The molecule has 1 N–H and O–H groups in total. The predicted octanol–water partition coefficient (Wildman–Crippen LogP) is 4.15. The van der Waals surface area contributed by atoms with E-state index in [4.69, 9.17) is 9.47 Å². The number of rotatable bonds is 7. The van der Waals surface area contributed by atoms with Gasteiger partial charge in [-0.05, 0) is 37.7 Å². The molecule has 0 fully saturated rings. The molecular formula is C17H20BrNO2. The van der Waals surface area contributed by atoms with Crippen LogP contribution in [0.25, 0.3) is 0 Å². The Hall–Kier alpha value is -1.52. The van der Waals surface area contributed by atoms with E-state index in [1.54, 1.807) is 0 Å². The van der Waals surface area contributed by atoms with Crippen molar-refractivity contribution in [2.45, 2.75) is 20.1 Å². The lowest BCUT2D eigenvalue weighted by molar-refractivity contribution is 0.268. The average Bonchev–Trinajstić information content (AvgIpc) is 2.49. The monoisotopic (exact) mass is 349 g/mol. The standard InChI is InChI=1S/C17H20BrNO2/c1-3-20-17-10-13(11-19-2)8-9-16(17)21-12-14-6-4-5-7-15(14)18/h4-10,19H,3,11-12H2,1-2H3. The van der Waals surface area contributed by atoms with Crippen LogP contribution in [0.2, 0.25) is 0 Å². The Bertz CT molecular complexity index is 587. The van der Waals surface area contributed by atoms with Crippen molar-refractivity contribution in [2.75, 3.05) is 13.7 Å². The molecule has 3 nitrogen and oxygen atoms in total. The topological polar surface area (TPSA) is 30.5 Å². The fraction of sp³-hybridized carbons (Fsp3) is 0.294. The van der Waals surface area contributed by atoms with Gasteiger partial charge in [0.05, 0.1) is 6.61 Å². The van der Waals surface area contributed by atoms with Gasteiger partial charge in [-0.2, -0.15) is 0 Å². The second-order valence-electron chi connectivity index (χ2n) is 4.62. The van der Waals surface area contributed by atoms with Crippen molar-refractivity contribution in [3.05, 3.63) is 58.1 Å². The van der Waals surface area contributed by atoms with Crippen LogP contribution in [0.3, 0.4) is 0 Å². The van der Waals surface area contributed by atoms with Gasteiger partial charge in [0, 0.05) is 16.6 Å². The molecule has 4 heteroatoms. The molecule has 0 saturated heterocycles. The van der Waals surface area contributed by atoms with E-state index in [0.717, 1.165) is 28.1 Å². The fourth-order valence-electron chi connectivity index (χ4n) is 2.03. The minimum absolute atomic E-state index is 0.507. The van der Waals surface area contributed by atoms with E-state index in [-0.39, 0.29) is 0 Å². The molecule has 0 heterocycles. The molecule has 0 aliphatic rings. The number of benzene rings is 2. The van der Waals surface area contributed by atoms with Gasteiger partial charge in [0.15, 0.2) is 11.5 Å².